The van der Waals surface area contributed by atoms with Crippen molar-refractivity contribution in [3.8, 4) is 11.4 Å². The molecule has 7 nitrogen and oxygen atoms in total. The molecule has 1 fully saturated rings. The van der Waals surface area contributed by atoms with Crippen LogP contribution in [0.15, 0.2) is 29.4 Å². The monoisotopic (exact) mass is 408 g/mol. The molecule has 2 heterocycles. The summed E-state index contributed by atoms with van der Waals surface area (Å²) in [6, 6.07) is 7.77. The Balaban J connectivity index is 1.70. The largest absolute Gasteiger partial charge is 0.341 e. The van der Waals surface area contributed by atoms with Gasteiger partial charge in [0.2, 0.25) is 5.91 Å². The number of hydrogen-bond donors (Lipinski definition) is 0. The van der Waals surface area contributed by atoms with Gasteiger partial charge < -0.3 is 9.47 Å². The Labute approximate surface area is 164 Å². The van der Waals surface area contributed by atoms with E-state index in [9.17, 15) is 13.2 Å². The molecule has 0 unspecified atom stereocenters. The number of aromatic nitrogens is 3. The van der Waals surface area contributed by atoms with Gasteiger partial charge >= 0.3 is 0 Å². The molecule has 1 aliphatic heterocycles. The Morgan fingerprint density at radius 2 is 2.07 bits per heavy atom. The summed E-state index contributed by atoms with van der Waals surface area (Å²) in [4.78, 5) is 14.1. The van der Waals surface area contributed by atoms with Crippen molar-refractivity contribution in [1.29, 1.82) is 0 Å². The maximum absolute atomic E-state index is 12.5. The quantitative estimate of drug-likeness (QED) is 0.680. The molecule has 9 heteroatoms. The fourth-order valence-corrected chi connectivity index (χ4v) is 5.92. The summed E-state index contributed by atoms with van der Waals surface area (Å²) in [5, 5.41) is 9.28. The van der Waals surface area contributed by atoms with Crippen LogP contribution in [0.2, 0.25) is 0 Å². The van der Waals surface area contributed by atoms with E-state index in [0.29, 0.717) is 18.1 Å². The number of carbonyl (C=O) groups is 1. The lowest BCUT2D eigenvalue weighted by atomic mass is 10.1. The third-order valence-corrected chi connectivity index (χ3v) is 7.60. The number of sulfone groups is 1. The molecule has 0 spiro atoms. The number of nitrogens with zero attached hydrogens (tertiary/aromatic N) is 4. The fraction of sp³-hybridized carbons (Fsp3) is 0.500. The second kappa shape index (κ2) is 8.02. The molecule has 1 aliphatic rings. The van der Waals surface area contributed by atoms with Crippen LogP contribution in [-0.4, -0.2) is 64.3 Å². The van der Waals surface area contributed by atoms with Gasteiger partial charge in [-0.25, -0.2) is 8.42 Å². The molecule has 1 saturated heterocycles. The summed E-state index contributed by atoms with van der Waals surface area (Å²) in [7, 11) is -1.33. The number of carbonyl (C=O) groups excluding carboxylic acids is 1. The third-order valence-electron chi connectivity index (χ3n) is 4.89. The van der Waals surface area contributed by atoms with Crippen molar-refractivity contribution in [2.75, 3.05) is 24.3 Å². The summed E-state index contributed by atoms with van der Waals surface area (Å²) >= 11 is 1.34. The summed E-state index contributed by atoms with van der Waals surface area (Å²) in [5.74, 6) is 1.12. The SMILES string of the molecule is CCn1c(SCC(=O)N(C)[C@H]2CCS(=O)(=O)C2)nnc1-c1ccccc1C. The topological polar surface area (TPSA) is 85.2 Å². The van der Waals surface area contributed by atoms with E-state index in [1.165, 1.54) is 11.8 Å². The third kappa shape index (κ3) is 4.35. The Morgan fingerprint density at radius 3 is 2.70 bits per heavy atom. The van der Waals surface area contributed by atoms with Crippen LogP contribution in [0.1, 0.15) is 18.9 Å². The van der Waals surface area contributed by atoms with Crippen LogP contribution >= 0.6 is 11.8 Å². The van der Waals surface area contributed by atoms with Crippen molar-refractivity contribution in [3.05, 3.63) is 29.8 Å². The van der Waals surface area contributed by atoms with Gasteiger partial charge in [-0.05, 0) is 25.8 Å². The van der Waals surface area contributed by atoms with Crippen molar-refractivity contribution < 1.29 is 13.2 Å². The average Bonchev–Trinajstić information content (AvgIpc) is 3.21. The highest BCUT2D eigenvalue weighted by atomic mass is 32.2. The minimum absolute atomic E-state index is 0.0580. The lowest BCUT2D eigenvalue weighted by Gasteiger charge is -2.23. The van der Waals surface area contributed by atoms with Crippen molar-refractivity contribution in [2.24, 2.45) is 0 Å². The lowest BCUT2D eigenvalue weighted by molar-refractivity contribution is -0.128. The van der Waals surface area contributed by atoms with Gasteiger partial charge in [-0.3, -0.25) is 4.79 Å². The number of benzene rings is 1. The van der Waals surface area contributed by atoms with Crippen molar-refractivity contribution in [2.45, 2.75) is 38.0 Å². The fourth-order valence-electron chi connectivity index (χ4n) is 3.22. The van der Waals surface area contributed by atoms with E-state index in [-0.39, 0.29) is 29.2 Å². The minimum atomic E-state index is -3.01. The average molecular weight is 409 g/mol. The normalized spacial score (nSPS) is 18.6. The zero-order chi connectivity index (χ0) is 19.6. The van der Waals surface area contributed by atoms with Crippen LogP contribution in [0, 0.1) is 6.92 Å². The molecular weight excluding hydrogens is 384 g/mol. The first-order chi connectivity index (χ1) is 12.8. The molecule has 0 aliphatic carbocycles. The van der Waals surface area contributed by atoms with E-state index in [2.05, 4.69) is 10.2 Å². The molecule has 1 aromatic heterocycles. The van der Waals surface area contributed by atoms with E-state index < -0.39 is 9.84 Å². The minimum Gasteiger partial charge on any atom is -0.341 e. The molecule has 0 bridgehead atoms. The first-order valence-corrected chi connectivity index (χ1v) is 11.7. The number of hydrogen-bond acceptors (Lipinski definition) is 6. The predicted octanol–water partition coefficient (Wildman–Crippen LogP) is 2.01. The Bertz CT molecular complexity index is 940. The van der Waals surface area contributed by atoms with Crippen molar-refractivity contribution in [3.63, 3.8) is 0 Å². The highest BCUT2D eigenvalue weighted by molar-refractivity contribution is 7.99. The smallest absolute Gasteiger partial charge is 0.233 e. The summed E-state index contributed by atoms with van der Waals surface area (Å²) in [6.45, 7) is 4.75. The number of rotatable bonds is 6. The van der Waals surface area contributed by atoms with E-state index in [4.69, 9.17) is 0 Å². The molecule has 2 aromatic rings. The van der Waals surface area contributed by atoms with Crippen LogP contribution in [-0.2, 0) is 21.2 Å². The number of thioether (sulfide) groups is 1. The van der Waals surface area contributed by atoms with Gasteiger partial charge in [-0.2, -0.15) is 0 Å². The van der Waals surface area contributed by atoms with Crippen LogP contribution in [0.4, 0.5) is 0 Å². The highest BCUT2D eigenvalue weighted by Gasteiger charge is 2.32. The zero-order valence-corrected chi connectivity index (χ0v) is 17.4. The molecule has 0 saturated carbocycles. The number of amides is 1. The molecule has 0 N–H and O–H groups in total. The molecule has 27 heavy (non-hydrogen) atoms. The predicted molar refractivity (Wildman–Crippen MR) is 106 cm³/mol. The van der Waals surface area contributed by atoms with Gasteiger partial charge in [0.05, 0.1) is 17.3 Å². The van der Waals surface area contributed by atoms with E-state index >= 15 is 0 Å². The van der Waals surface area contributed by atoms with Crippen LogP contribution < -0.4 is 0 Å². The van der Waals surface area contributed by atoms with Crippen LogP contribution in [0.3, 0.4) is 0 Å². The molecular formula is C18H24N4O3S2. The van der Waals surface area contributed by atoms with Crippen LogP contribution in [0.5, 0.6) is 0 Å². The summed E-state index contributed by atoms with van der Waals surface area (Å²) in [6.07, 6.45) is 0.512. The Hall–Kier alpha value is -1.87. The maximum Gasteiger partial charge on any atom is 0.233 e. The zero-order valence-electron chi connectivity index (χ0n) is 15.8. The summed E-state index contributed by atoms with van der Waals surface area (Å²) in [5.41, 5.74) is 2.15. The second-order valence-electron chi connectivity index (χ2n) is 6.72. The van der Waals surface area contributed by atoms with E-state index in [1.807, 2.05) is 42.7 Å². The summed E-state index contributed by atoms with van der Waals surface area (Å²) < 4.78 is 25.3. The maximum atomic E-state index is 12.5. The van der Waals surface area contributed by atoms with Gasteiger partial charge in [-0.1, -0.05) is 36.0 Å². The Morgan fingerprint density at radius 1 is 1.33 bits per heavy atom. The van der Waals surface area contributed by atoms with Gasteiger partial charge in [0.15, 0.2) is 20.8 Å². The molecule has 1 aromatic carbocycles. The standard InChI is InChI=1S/C18H24N4O3S2/c1-4-22-17(15-8-6-5-7-13(15)2)19-20-18(22)26-11-16(23)21(3)14-9-10-27(24,25)12-14/h5-8,14H,4,9-12H2,1-3H3/t14-/m0/s1. The molecule has 146 valence electrons. The van der Waals surface area contributed by atoms with E-state index in [1.54, 1.807) is 11.9 Å². The molecule has 0 radical (unpaired) electrons. The van der Waals surface area contributed by atoms with Gasteiger partial charge in [0, 0.05) is 25.2 Å². The second-order valence-corrected chi connectivity index (χ2v) is 9.89. The van der Waals surface area contributed by atoms with E-state index in [0.717, 1.165) is 17.0 Å². The van der Waals surface area contributed by atoms with Crippen molar-refractivity contribution in [1.82, 2.24) is 19.7 Å². The first kappa shape index (κ1) is 19.9. The molecule has 1 amide bonds. The molecule has 1 atom stereocenters. The highest BCUT2D eigenvalue weighted by Crippen LogP contribution is 2.26. The molecule has 3 rings (SSSR count). The Kier molecular flexibility index (Phi) is 5.90. The van der Waals surface area contributed by atoms with Crippen molar-refractivity contribution >= 4 is 27.5 Å². The van der Waals surface area contributed by atoms with Gasteiger partial charge in [0.25, 0.3) is 0 Å². The van der Waals surface area contributed by atoms with Crippen LogP contribution in [0.25, 0.3) is 11.4 Å². The van der Waals surface area contributed by atoms with Gasteiger partial charge in [0.1, 0.15) is 0 Å². The first-order valence-electron chi connectivity index (χ1n) is 8.90. The lowest BCUT2D eigenvalue weighted by Crippen LogP contribution is -2.38. The van der Waals surface area contributed by atoms with Gasteiger partial charge in [-0.15, -0.1) is 10.2 Å². The number of aryl methyl sites for hydroxylation is 1.